The molecule has 4 heteroatoms. The molecule has 1 rings (SSSR count). The SMILES string of the molecule is CC(N)(N)C1=CC(=O)C=CC1N. The largest absolute Gasteiger partial charge is 0.321 e. The second-order valence-corrected chi connectivity index (χ2v) is 3.17. The Hall–Kier alpha value is -0.970. The molecule has 66 valence electrons. The lowest BCUT2D eigenvalue weighted by molar-refractivity contribution is -0.110. The van der Waals surface area contributed by atoms with Gasteiger partial charge in [0, 0.05) is 6.04 Å². The minimum atomic E-state index is -1.01. The van der Waals surface area contributed by atoms with E-state index >= 15 is 0 Å². The third-order valence-corrected chi connectivity index (χ3v) is 1.75. The molecule has 1 unspecified atom stereocenters. The average molecular weight is 167 g/mol. The second-order valence-electron chi connectivity index (χ2n) is 3.17. The first-order valence-electron chi connectivity index (χ1n) is 3.69. The molecular formula is C8H13N3O. The summed E-state index contributed by atoms with van der Waals surface area (Å²) < 4.78 is 0. The van der Waals surface area contributed by atoms with Gasteiger partial charge in [0.1, 0.15) is 0 Å². The van der Waals surface area contributed by atoms with Crippen LogP contribution in [0.25, 0.3) is 0 Å². The van der Waals surface area contributed by atoms with Gasteiger partial charge in [-0.3, -0.25) is 4.79 Å². The summed E-state index contributed by atoms with van der Waals surface area (Å²) in [5.41, 5.74) is 16.4. The predicted octanol–water partition coefficient (Wildman–Crippen LogP) is -0.987. The first-order valence-corrected chi connectivity index (χ1v) is 3.69. The summed E-state index contributed by atoms with van der Waals surface area (Å²) >= 11 is 0. The predicted molar refractivity (Wildman–Crippen MR) is 47.0 cm³/mol. The van der Waals surface area contributed by atoms with E-state index in [1.54, 1.807) is 13.0 Å². The molecule has 4 nitrogen and oxygen atoms in total. The molecule has 1 aliphatic carbocycles. The quantitative estimate of drug-likeness (QED) is 0.437. The van der Waals surface area contributed by atoms with Gasteiger partial charge in [-0.1, -0.05) is 6.08 Å². The van der Waals surface area contributed by atoms with Crippen molar-refractivity contribution < 1.29 is 4.79 Å². The molecule has 0 fully saturated rings. The Bertz CT molecular complexity index is 260. The highest BCUT2D eigenvalue weighted by Crippen LogP contribution is 2.15. The van der Waals surface area contributed by atoms with E-state index in [2.05, 4.69) is 0 Å². The van der Waals surface area contributed by atoms with Gasteiger partial charge in [0.25, 0.3) is 0 Å². The molecule has 0 aromatic rings. The van der Waals surface area contributed by atoms with Gasteiger partial charge in [-0.25, -0.2) is 0 Å². The highest BCUT2D eigenvalue weighted by Gasteiger charge is 2.25. The van der Waals surface area contributed by atoms with Crippen molar-refractivity contribution in [3.05, 3.63) is 23.8 Å². The van der Waals surface area contributed by atoms with E-state index in [0.717, 1.165) is 0 Å². The van der Waals surface area contributed by atoms with Gasteiger partial charge in [0.15, 0.2) is 5.78 Å². The van der Waals surface area contributed by atoms with E-state index in [4.69, 9.17) is 17.2 Å². The van der Waals surface area contributed by atoms with Crippen LogP contribution in [-0.2, 0) is 4.79 Å². The topological polar surface area (TPSA) is 95.1 Å². The molecule has 6 N–H and O–H groups in total. The van der Waals surface area contributed by atoms with Crippen LogP contribution in [0.4, 0.5) is 0 Å². The molecule has 0 bridgehead atoms. The fourth-order valence-corrected chi connectivity index (χ4v) is 1.11. The Morgan fingerprint density at radius 2 is 2.08 bits per heavy atom. The number of rotatable bonds is 1. The van der Waals surface area contributed by atoms with Crippen molar-refractivity contribution in [2.45, 2.75) is 18.6 Å². The summed E-state index contributed by atoms with van der Waals surface area (Å²) in [6, 6.07) is -0.345. The minimum absolute atomic E-state index is 0.117. The maximum absolute atomic E-state index is 10.9. The fourth-order valence-electron chi connectivity index (χ4n) is 1.11. The molecule has 0 aromatic carbocycles. The van der Waals surface area contributed by atoms with Crippen molar-refractivity contribution in [3.63, 3.8) is 0 Å². The first kappa shape index (κ1) is 9.12. The van der Waals surface area contributed by atoms with Gasteiger partial charge < -0.3 is 17.2 Å². The zero-order valence-corrected chi connectivity index (χ0v) is 6.95. The van der Waals surface area contributed by atoms with Crippen LogP contribution in [-0.4, -0.2) is 17.5 Å². The van der Waals surface area contributed by atoms with Crippen molar-refractivity contribution in [3.8, 4) is 0 Å². The minimum Gasteiger partial charge on any atom is -0.321 e. The molecule has 0 saturated heterocycles. The van der Waals surface area contributed by atoms with Crippen LogP contribution >= 0.6 is 0 Å². The number of carbonyl (C=O) groups is 1. The van der Waals surface area contributed by atoms with Gasteiger partial charge in [-0.15, -0.1) is 0 Å². The summed E-state index contributed by atoms with van der Waals surface area (Å²) in [7, 11) is 0. The molecular weight excluding hydrogens is 154 g/mol. The van der Waals surface area contributed by atoms with Crippen LogP contribution in [0.15, 0.2) is 23.8 Å². The van der Waals surface area contributed by atoms with Crippen molar-refractivity contribution >= 4 is 5.78 Å². The average Bonchev–Trinajstić information content (AvgIpc) is 1.92. The molecule has 0 saturated carbocycles. The summed E-state index contributed by atoms with van der Waals surface area (Å²) in [6.45, 7) is 1.62. The maximum Gasteiger partial charge on any atom is 0.178 e. The normalized spacial score (nSPS) is 24.2. The van der Waals surface area contributed by atoms with Crippen molar-refractivity contribution in [1.29, 1.82) is 0 Å². The number of hydrogen-bond donors (Lipinski definition) is 3. The van der Waals surface area contributed by atoms with Gasteiger partial charge in [-0.2, -0.15) is 0 Å². The maximum atomic E-state index is 10.9. The first-order chi connectivity index (χ1) is 5.41. The Labute approximate surface area is 71.1 Å². The number of ketones is 1. The van der Waals surface area contributed by atoms with Crippen LogP contribution in [0.2, 0.25) is 0 Å². The number of carbonyl (C=O) groups excluding carboxylic acids is 1. The summed E-state index contributed by atoms with van der Waals surface area (Å²) in [4.78, 5) is 10.9. The third kappa shape index (κ3) is 1.79. The van der Waals surface area contributed by atoms with Gasteiger partial charge in [0.05, 0.1) is 5.66 Å². The van der Waals surface area contributed by atoms with E-state index in [9.17, 15) is 4.79 Å². The number of nitrogens with two attached hydrogens (primary N) is 3. The zero-order valence-electron chi connectivity index (χ0n) is 6.95. The van der Waals surface area contributed by atoms with Crippen LogP contribution < -0.4 is 17.2 Å². The second kappa shape index (κ2) is 2.82. The highest BCUT2D eigenvalue weighted by atomic mass is 16.1. The lowest BCUT2D eigenvalue weighted by Crippen LogP contribution is -2.53. The standard InChI is InChI=1S/C8H13N3O/c1-8(10,11)6-4-5(12)2-3-7(6)9/h2-4,7H,9-11H2,1H3. The molecule has 12 heavy (non-hydrogen) atoms. The number of hydrogen-bond acceptors (Lipinski definition) is 4. The van der Waals surface area contributed by atoms with E-state index in [-0.39, 0.29) is 11.8 Å². The molecule has 1 atom stereocenters. The molecule has 0 radical (unpaired) electrons. The summed E-state index contributed by atoms with van der Waals surface area (Å²) in [5, 5.41) is 0. The van der Waals surface area contributed by atoms with Crippen LogP contribution in [0.5, 0.6) is 0 Å². The van der Waals surface area contributed by atoms with E-state index in [0.29, 0.717) is 5.57 Å². The van der Waals surface area contributed by atoms with Gasteiger partial charge >= 0.3 is 0 Å². The monoisotopic (exact) mass is 167 g/mol. The molecule has 0 aromatic heterocycles. The zero-order chi connectivity index (χ0) is 9.35. The Morgan fingerprint density at radius 1 is 1.50 bits per heavy atom. The lowest BCUT2D eigenvalue weighted by atomic mass is 9.91. The van der Waals surface area contributed by atoms with E-state index in [1.165, 1.54) is 12.2 Å². The van der Waals surface area contributed by atoms with Crippen LogP contribution in [0, 0.1) is 0 Å². The highest BCUT2D eigenvalue weighted by molar-refractivity contribution is 6.01. The molecule has 1 aliphatic rings. The van der Waals surface area contributed by atoms with Crippen LogP contribution in [0.3, 0.4) is 0 Å². The molecule has 0 spiro atoms. The van der Waals surface area contributed by atoms with Crippen LogP contribution in [0.1, 0.15) is 6.92 Å². The smallest absolute Gasteiger partial charge is 0.178 e. The molecule has 0 amide bonds. The van der Waals surface area contributed by atoms with Crippen molar-refractivity contribution in [2.24, 2.45) is 17.2 Å². The summed E-state index contributed by atoms with van der Waals surface area (Å²) in [5.74, 6) is -0.117. The summed E-state index contributed by atoms with van der Waals surface area (Å²) in [6.07, 6.45) is 4.40. The van der Waals surface area contributed by atoms with Crippen molar-refractivity contribution in [1.82, 2.24) is 0 Å². The third-order valence-electron chi connectivity index (χ3n) is 1.75. The Kier molecular flexibility index (Phi) is 2.14. The van der Waals surface area contributed by atoms with E-state index < -0.39 is 5.66 Å². The fraction of sp³-hybridized carbons (Fsp3) is 0.375. The lowest BCUT2D eigenvalue weighted by Gasteiger charge is -2.27. The number of allylic oxidation sites excluding steroid dienone is 2. The Balaban J connectivity index is 2.97. The van der Waals surface area contributed by atoms with Gasteiger partial charge in [-0.05, 0) is 24.6 Å². The van der Waals surface area contributed by atoms with E-state index in [1.807, 2.05) is 0 Å². The van der Waals surface area contributed by atoms with Crippen molar-refractivity contribution in [2.75, 3.05) is 0 Å². The van der Waals surface area contributed by atoms with Gasteiger partial charge in [0.2, 0.25) is 0 Å². The molecule has 0 aliphatic heterocycles. The Morgan fingerprint density at radius 3 is 2.50 bits per heavy atom. The molecule has 0 heterocycles.